The Morgan fingerprint density at radius 1 is 0.739 bits per heavy atom. The van der Waals surface area contributed by atoms with Crippen LogP contribution in [0.5, 0.6) is 0 Å². The zero-order valence-corrected chi connectivity index (χ0v) is 14.1. The largest absolute Gasteiger partial charge is 0.367 e. The number of nitrogens with zero attached hydrogens (tertiary/aromatic N) is 2. The lowest BCUT2D eigenvalue weighted by Crippen LogP contribution is -2.20. The second kappa shape index (κ2) is 8.85. The van der Waals surface area contributed by atoms with Crippen molar-refractivity contribution in [1.82, 2.24) is 9.97 Å². The maximum atomic E-state index is 4.51. The first-order chi connectivity index (χ1) is 11.4. The van der Waals surface area contributed by atoms with E-state index in [9.17, 15) is 0 Å². The van der Waals surface area contributed by atoms with Crippen LogP contribution in [0.3, 0.4) is 0 Å². The fourth-order valence-electron chi connectivity index (χ4n) is 3.62. The Balaban J connectivity index is 1.67. The number of rotatable bonds is 2. The summed E-state index contributed by atoms with van der Waals surface area (Å²) in [6, 6.07) is 8.83. The van der Waals surface area contributed by atoms with E-state index in [1.807, 2.05) is 6.07 Å². The molecule has 3 heteroatoms. The predicted octanol–water partition coefficient (Wildman–Crippen LogP) is 5.72. The minimum absolute atomic E-state index is 0.549. The van der Waals surface area contributed by atoms with Gasteiger partial charge < -0.3 is 5.32 Å². The van der Waals surface area contributed by atoms with Gasteiger partial charge in [0.15, 0.2) is 0 Å². The molecular formula is C20H29N3. The van der Waals surface area contributed by atoms with E-state index in [4.69, 9.17) is 0 Å². The van der Waals surface area contributed by atoms with E-state index in [1.54, 1.807) is 6.33 Å². The highest BCUT2D eigenvalue weighted by Gasteiger charge is 2.12. The number of benzene rings is 1. The van der Waals surface area contributed by atoms with Crippen LogP contribution in [0.4, 0.5) is 5.82 Å². The van der Waals surface area contributed by atoms with Gasteiger partial charge >= 0.3 is 0 Å². The van der Waals surface area contributed by atoms with E-state index < -0.39 is 0 Å². The molecule has 1 fully saturated rings. The molecule has 23 heavy (non-hydrogen) atoms. The first-order valence-electron chi connectivity index (χ1n) is 9.40. The molecule has 2 aromatic rings. The van der Waals surface area contributed by atoms with E-state index in [0.29, 0.717) is 6.04 Å². The minimum atomic E-state index is 0.549. The number of anilines is 1. The lowest BCUT2D eigenvalue weighted by atomic mass is 9.98. The lowest BCUT2D eigenvalue weighted by Gasteiger charge is -2.21. The molecule has 0 aliphatic heterocycles. The summed E-state index contributed by atoms with van der Waals surface area (Å²) in [5, 5.41) is 4.86. The van der Waals surface area contributed by atoms with Gasteiger partial charge in [-0.3, -0.25) is 0 Å². The number of aromatic nitrogens is 2. The highest BCUT2D eigenvalue weighted by molar-refractivity contribution is 5.88. The molecule has 0 radical (unpaired) electrons. The summed E-state index contributed by atoms with van der Waals surface area (Å²) in [6.07, 6.45) is 16.7. The molecule has 0 atom stereocenters. The van der Waals surface area contributed by atoms with Crippen LogP contribution >= 0.6 is 0 Å². The van der Waals surface area contributed by atoms with Gasteiger partial charge in [-0.25, -0.2) is 9.97 Å². The van der Waals surface area contributed by atoms with Gasteiger partial charge in [-0.05, 0) is 25.0 Å². The Morgan fingerprint density at radius 3 is 2.04 bits per heavy atom. The molecular weight excluding hydrogens is 282 g/mol. The van der Waals surface area contributed by atoms with Crippen LogP contribution in [-0.2, 0) is 0 Å². The number of fused-ring (bicyclic) bond motifs is 1. The van der Waals surface area contributed by atoms with Crippen molar-refractivity contribution in [3.8, 4) is 0 Å². The topological polar surface area (TPSA) is 37.8 Å². The van der Waals surface area contributed by atoms with Crippen LogP contribution in [0.2, 0.25) is 0 Å². The van der Waals surface area contributed by atoms with Gasteiger partial charge in [-0.2, -0.15) is 0 Å². The molecule has 1 heterocycles. The predicted molar refractivity (Wildman–Crippen MR) is 97.7 cm³/mol. The van der Waals surface area contributed by atoms with Gasteiger partial charge in [0.25, 0.3) is 0 Å². The highest BCUT2D eigenvalue weighted by Crippen LogP contribution is 2.23. The van der Waals surface area contributed by atoms with E-state index in [-0.39, 0.29) is 0 Å². The summed E-state index contributed by atoms with van der Waals surface area (Å²) in [7, 11) is 0. The zero-order chi connectivity index (χ0) is 15.7. The maximum Gasteiger partial charge on any atom is 0.137 e. The third kappa shape index (κ3) is 4.92. The number of para-hydroxylation sites is 1. The molecule has 1 N–H and O–H groups in total. The second-order valence-electron chi connectivity index (χ2n) is 6.84. The van der Waals surface area contributed by atoms with E-state index >= 15 is 0 Å². The average Bonchev–Trinajstić information content (AvgIpc) is 2.57. The Kier molecular flexibility index (Phi) is 6.25. The van der Waals surface area contributed by atoms with Crippen LogP contribution < -0.4 is 5.32 Å². The molecule has 1 aromatic heterocycles. The quantitative estimate of drug-likeness (QED) is 0.771. The molecule has 1 aromatic carbocycles. The van der Waals surface area contributed by atoms with Gasteiger partial charge in [-0.15, -0.1) is 0 Å². The smallest absolute Gasteiger partial charge is 0.137 e. The van der Waals surface area contributed by atoms with Gasteiger partial charge in [0.2, 0.25) is 0 Å². The van der Waals surface area contributed by atoms with Crippen LogP contribution in [0, 0.1) is 0 Å². The molecule has 0 bridgehead atoms. The molecule has 0 spiro atoms. The van der Waals surface area contributed by atoms with E-state index in [1.165, 1.54) is 70.6 Å². The molecule has 124 valence electrons. The Hall–Kier alpha value is -1.64. The summed E-state index contributed by atoms with van der Waals surface area (Å²) in [5.41, 5.74) is 1.03. The number of hydrogen-bond donors (Lipinski definition) is 1. The summed E-state index contributed by atoms with van der Waals surface area (Å²) in [6.45, 7) is 0. The molecule has 1 saturated carbocycles. The third-order valence-corrected chi connectivity index (χ3v) is 4.99. The van der Waals surface area contributed by atoms with E-state index in [0.717, 1.165) is 16.7 Å². The fraction of sp³-hybridized carbons (Fsp3) is 0.600. The first kappa shape index (κ1) is 16.2. The molecule has 0 amide bonds. The molecule has 1 aliphatic rings. The minimum Gasteiger partial charge on any atom is -0.367 e. The van der Waals surface area contributed by atoms with Crippen molar-refractivity contribution in [3.63, 3.8) is 0 Å². The van der Waals surface area contributed by atoms with Crippen molar-refractivity contribution in [2.24, 2.45) is 0 Å². The molecule has 3 rings (SSSR count). The van der Waals surface area contributed by atoms with Crippen molar-refractivity contribution in [2.45, 2.75) is 76.7 Å². The van der Waals surface area contributed by atoms with Gasteiger partial charge in [0.05, 0.1) is 5.52 Å². The average molecular weight is 311 g/mol. The Labute approximate surface area is 139 Å². The first-order valence-corrected chi connectivity index (χ1v) is 9.40. The Morgan fingerprint density at radius 2 is 1.35 bits per heavy atom. The zero-order valence-electron chi connectivity index (χ0n) is 14.1. The van der Waals surface area contributed by atoms with Crippen molar-refractivity contribution in [2.75, 3.05) is 5.32 Å². The van der Waals surface area contributed by atoms with E-state index in [2.05, 4.69) is 33.5 Å². The highest BCUT2D eigenvalue weighted by atomic mass is 15.0. The molecule has 3 nitrogen and oxygen atoms in total. The molecule has 0 saturated heterocycles. The standard InChI is InChI=1S/C20H29N3/c1-2-4-6-8-12-17(13-9-7-5-3-1)23-20-18-14-10-11-15-19(18)21-16-22-20/h10-11,14-17H,1-9,12-13H2,(H,21,22,23). The summed E-state index contributed by atoms with van der Waals surface area (Å²) in [5.74, 6) is 1.01. The van der Waals surface area contributed by atoms with Crippen molar-refractivity contribution in [1.29, 1.82) is 0 Å². The Bertz CT molecular complexity index is 579. The SMILES string of the molecule is c1ccc2c(NC3CCCCCCCCCCC3)ncnc2c1. The van der Waals surface area contributed by atoms with Crippen LogP contribution in [0.1, 0.15) is 70.6 Å². The molecule has 0 unspecified atom stereocenters. The summed E-state index contributed by atoms with van der Waals surface area (Å²) < 4.78 is 0. The third-order valence-electron chi connectivity index (χ3n) is 4.99. The normalized spacial score (nSPS) is 19.0. The van der Waals surface area contributed by atoms with Crippen LogP contribution in [0.25, 0.3) is 10.9 Å². The monoisotopic (exact) mass is 311 g/mol. The van der Waals surface area contributed by atoms with Gasteiger partial charge in [0.1, 0.15) is 12.1 Å². The van der Waals surface area contributed by atoms with Gasteiger partial charge in [0, 0.05) is 11.4 Å². The van der Waals surface area contributed by atoms with Crippen LogP contribution in [0.15, 0.2) is 30.6 Å². The van der Waals surface area contributed by atoms with Crippen molar-refractivity contribution in [3.05, 3.63) is 30.6 Å². The second-order valence-corrected chi connectivity index (χ2v) is 6.84. The summed E-state index contributed by atoms with van der Waals surface area (Å²) in [4.78, 5) is 8.88. The summed E-state index contributed by atoms with van der Waals surface area (Å²) >= 11 is 0. The lowest BCUT2D eigenvalue weighted by molar-refractivity contribution is 0.480. The van der Waals surface area contributed by atoms with Crippen LogP contribution in [-0.4, -0.2) is 16.0 Å². The fourth-order valence-corrected chi connectivity index (χ4v) is 3.62. The number of hydrogen-bond acceptors (Lipinski definition) is 3. The molecule has 1 aliphatic carbocycles. The van der Waals surface area contributed by atoms with Crippen molar-refractivity contribution >= 4 is 16.7 Å². The van der Waals surface area contributed by atoms with Gasteiger partial charge in [-0.1, -0.05) is 69.9 Å². The maximum absolute atomic E-state index is 4.51. The van der Waals surface area contributed by atoms with Crippen molar-refractivity contribution < 1.29 is 0 Å². The number of nitrogens with one attached hydrogen (secondary N) is 1.